The third kappa shape index (κ3) is 4.80. The van der Waals surface area contributed by atoms with Gasteiger partial charge in [0.15, 0.2) is 0 Å². The van der Waals surface area contributed by atoms with E-state index in [9.17, 15) is 0 Å². The molecule has 4 aromatic heterocycles. The summed E-state index contributed by atoms with van der Waals surface area (Å²) >= 11 is 0. The lowest BCUT2D eigenvalue weighted by Crippen LogP contribution is -2.15. The number of pyridine rings is 2. The number of para-hydroxylation sites is 1. The number of benzene rings is 4. The van der Waals surface area contributed by atoms with Crippen LogP contribution in [0.1, 0.15) is 73.1 Å². The van der Waals surface area contributed by atoms with Crippen molar-refractivity contribution in [2.24, 2.45) is 5.92 Å². The van der Waals surface area contributed by atoms with Crippen LogP contribution in [0.2, 0.25) is 0 Å². The van der Waals surface area contributed by atoms with E-state index >= 15 is 0 Å². The summed E-state index contributed by atoms with van der Waals surface area (Å²) in [7, 11) is 0. The van der Waals surface area contributed by atoms with Gasteiger partial charge in [0.2, 0.25) is 0 Å². The fourth-order valence-electron chi connectivity index (χ4n) is 8.87. The Hall–Kier alpha value is -5.22. The van der Waals surface area contributed by atoms with Gasteiger partial charge in [0.25, 0.3) is 0 Å². The van der Waals surface area contributed by atoms with E-state index in [2.05, 4.69) is 106 Å². The highest BCUT2D eigenvalue weighted by Gasteiger charge is 2.28. The monoisotopic (exact) mass is 636 g/mol. The van der Waals surface area contributed by atoms with Crippen molar-refractivity contribution in [1.82, 2.24) is 19.5 Å². The zero-order chi connectivity index (χ0) is 32.5. The highest BCUT2D eigenvalue weighted by molar-refractivity contribution is 6.13. The molecule has 0 spiro atoms. The number of hydrogen-bond acceptors (Lipinski definition) is 2. The molecule has 8 aromatic rings. The number of aromatic nitrogens is 4. The first-order valence-electron chi connectivity index (χ1n) is 18.2. The molecule has 240 valence electrons. The van der Waals surface area contributed by atoms with E-state index in [0.29, 0.717) is 11.8 Å². The van der Waals surface area contributed by atoms with Gasteiger partial charge in [-0.1, -0.05) is 86.5 Å². The zero-order valence-electron chi connectivity index (χ0n) is 28.0. The van der Waals surface area contributed by atoms with Crippen molar-refractivity contribution in [3.63, 3.8) is 0 Å². The normalized spacial score (nSPS) is 16.4. The van der Waals surface area contributed by atoms with Crippen LogP contribution >= 0.6 is 0 Å². The average Bonchev–Trinajstić information content (AvgIpc) is 3.83. The number of fused-ring (bicyclic) bond motifs is 9. The molecule has 10 rings (SSSR count). The standard InChI is InChI=1S/C45H40N4/c1-2-30(22-33-23-32-7-3-4-8-34(32)37-21-29(15-17-35(33)37)14-13-28-11-12-28)31-16-18-43-38(24-31)36-9-5-6-10-42(36)49(43)44-27-47-26-40-39-25-46-20-19-41(39)48-45(40)44/h3-10,15-21,24-28,30,33,48H,2,11-14,22-23H2,1H3. The molecule has 1 fully saturated rings. The van der Waals surface area contributed by atoms with Crippen LogP contribution in [0.3, 0.4) is 0 Å². The van der Waals surface area contributed by atoms with Crippen molar-refractivity contribution in [2.45, 2.75) is 63.7 Å². The van der Waals surface area contributed by atoms with Crippen molar-refractivity contribution >= 4 is 43.6 Å². The first-order valence-corrected chi connectivity index (χ1v) is 18.2. The van der Waals surface area contributed by atoms with Gasteiger partial charge >= 0.3 is 0 Å². The molecule has 0 radical (unpaired) electrons. The Balaban J connectivity index is 1.05. The van der Waals surface area contributed by atoms with Crippen LogP contribution in [0.4, 0.5) is 0 Å². The maximum atomic E-state index is 4.72. The predicted molar refractivity (Wildman–Crippen MR) is 203 cm³/mol. The Morgan fingerprint density at radius 2 is 1.63 bits per heavy atom. The Bertz CT molecular complexity index is 2530. The van der Waals surface area contributed by atoms with Crippen molar-refractivity contribution in [3.05, 3.63) is 138 Å². The second kappa shape index (κ2) is 11.4. The minimum Gasteiger partial charge on any atom is -0.353 e. The number of aromatic amines is 1. The molecule has 2 aliphatic rings. The summed E-state index contributed by atoms with van der Waals surface area (Å²) in [5.41, 5.74) is 14.5. The topological polar surface area (TPSA) is 46.5 Å². The number of aryl methyl sites for hydroxylation is 1. The Morgan fingerprint density at radius 3 is 2.55 bits per heavy atom. The molecule has 4 heterocycles. The summed E-state index contributed by atoms with van der Waals surface area (Å²) in [6, 6.07) is 34.7. The molecule has 2 unspecified atom stereocenters. The van der Waals surface area contributed by atoms with E-state index in [0.717, 1.165) is 52.7 Å². The van der Waals surface area contributed by atoms with Crippen molar-refractivity contribution in [3.8, 4) is 16.8 Å². The van der Waals surface area contributed by atoms with Gasteiger partial charge in [-0.15, -0.1) is 0 Å². The quantitative estimate of drug-likeness (QED) is 0.180. The number of hydrogen-bond donors (Lipinski definition) is 1. The summed E-state index contributed by atoms with van der Waals surface area (Å²) in [6.07, 6.45) is 16.5. The van der Waals surface area contributed by atoms with Crippen LogP contribution < -0.4 is 0 Å². The summed E-state index contributed by atoms with van der Waals surface area (Å²) in [5.74, 6) is 1.93. The Kier molecular flexibility index (Phi) is 6.72. The molecule has 2 aliphatic carbocycles. The molecule has 0 saturated heterocycles. The molecule has 4 heteroatoms. The van der Waals surface area contributed by atoms with E-state index < -0.39 is 0 Å². The number of nitrogens with one attached hydrogen (secondary N) is 1. The zero-order valence-corrected chi connectivity index (χ0v) is 28.0. The van der Waals surface area contributed by atoms with Gasteiger partial charge in [0.1, 0.15) is 0 Å². The van der Waals surface area contributed by atoms with Gasteiger partial charge in [-0.2, -0.15) is 0 Å². The third-order valence-electron chi connectivity index (χ3n) is 11.6. The molecular formula is C45H40N4. The maximum Gasteiger partial charge on any atom is 0.0889 e. The minimum atomic E-state index is 0.468. The van der Waals surface area contributed by atoms with E-state index in [1.165, 1.54) is 75.3 Å². The minimum absolute atomic E-state index is 0.468. The number of nitrogens with zero attached hydrogens (tertiary/aromatic N) is 3. The van der Waals surface area contributed by atoms with E-state index in [1.54, 1.807) is 5.56 Å². The maximum absolute atomic E-state index is 4.72. The molecule has 1 saturated carbocycles. The lowest BCUT2D eigenvalue weighted by Gasteiger charge is -2.31. The SMILES string of the molecule is CCC(CC1Cc2ccccc2-c2cc(CCC3CC3)ccc21)c1ccc2c(c1)c1ccccc1n2-c1cncc2c1[nH]c1ccncc12. The van der Waals surface area contributed by atoms with Gasteiger partial charge in [-0.3, -0.25) is 9.97 Å². The van der Waals surface area contributed by atoms with E-state index in [4.69, 9.17) is 4.98 Å². The largest absolute Gasteiger partial charge is 0.353 e. The lowest BCUT2D eigenvalue weighted by molar-refractivity contribution is 0.514. The van der Waals surface area contributed by atoms with Crippen LogP contribution in [0, 0.1) is 5.92 Å². The van der Waals surface area contributed by atoms with Crippen LogP contribution in [0.25, 0.3) is 60.4 Å². The highest BCUT2D eigenvalue weighted by atomic mass is 15.0. The first kappa shape index (κ1) is 28.8. The van der Waals surface area contributed by atoms with Crippen LogP contribution in [0.15, 0.2) is 116 Å². The lowest BCUT2D eigenvalue weighted by atomic mass is 9.73. The second-order valence-corrected chi connectivity index (χ2v) is 14.6. The summed E-state index contributed by atoms with van der Waals surface area (Å²) in [5, 5.41) is 4.77. The van der Waals surface area contributed by atoms with Gasteiger partial charge < -0.3 is 9.55 Å². The van der Waals surface area contributed by atoms with Crippen LogP contribution in [0.5, 0.6) is 0 Å². The van der Waals surface area contributed by atoms with Gasteiger partial charge in [-0.25, -0.2) is 0 Å². The highest BCUT2D eigenvalue weighted by Crippen LogP contribution is 2.46. The fourth-order valence-corrected chi connectivity index (χ4v) is 8.87. The predicted octanol–water partition coefficient (Wildman–Crippen LogP) is 11.4. The second-order valence-electron chi connectivity index (χ2n) is 14.6. The average molecular weight is 637 g/mol. The molecule has 0 aliphatic heterocycles. The first-order chi connectivity index (χ1) is 24.2. The van der Waals surface area contributed by atoms with Gasteiger partial charge in [0.05, 0.1) is 28.4 Å². The summed E-state index contributed by atoms with van der Waals surface area (Å²) in [4.78, 5) is 12.8. The van der Waals surface area contributed by atoms with Crippen LogP contribution in [-0.2, 0) is 12.8 Å². The van der Waals surface area contributed by atoms with Crippen molar-refractivity contribution in [1.29, 1.82) is 0 Å². The summed E-state index contributed by atoms with van der Waals surface area (Å²) < 4.78 is 2.39. The Labute approximate surface area is 286 Å². The fraction of sp³-hybridized carbons (Fsp3) is 0.244. The molecule has 4 aromatic carbocycles. The molecule has 0 bridgehead atoms. The van der Waals surface area contributed by atoms with Gasteiger partial charge in [-0.05, 0) is 108 Å². The molecule has 1 N–H and O–H groups in total. The molecule has 0 amide bonds. The number of rotatable bonds is 8. The molecule has 49 heavy (non-hydrogen) atoms. The summed E-state index contributed by atoms with van der Waals surface area (Å²) in [6.45, 7) is 2.37. The van der Waals surface area contributed by atoms with E-state index in [-0.39, 0.29) is 0 Å². The van der Waals surface area contributed by atoms with Crippen LogP contribution in [-0.4, -0.2) is 19.5 Å². The Morgan fingerprint density at radius 1 is 0.776 bits per heavy atom. The van der Waals surface area contributed by atoms with Gasteiger partial charge in [0, 0.05) is 45.7 Å². The van der Waals surface area contributed by atoms with Crippen molar-refractivity contribution < 1.29 is 0 Å². The number of H-pyrrole nitrogens is 1. The third-order valence-corrected chi connectivity index (χ3v) is 11.6. The molecular weight excluding hydrogens is 597 g/mol. The van der Waals surface area contributed by atoms with E-state index in [1.807, 2.05) is 30.9 Å². The smallest absolute Gasteiger partial charge is 0.0889 e. The van der Waals surface area contributed by atoms with Crippen molar-refractivity contribution in [2.75, 3.05) is 0 Å². The molecule has 4 nitrogen and oxygen atoms in total. The molecule has 2 atom stereocenters.